The van der Waals surface area contributed by atoms with Crippen molar-refractivity contribution in [2.24, 2.45) is 5.73 Å². The van der Waals surface area contributed by atoms with Crippen LogP contribution in [-0.4, -0.2) is 54.4 Å². The molecule has 0 fully saturated rings. The van der Waals surface area contributed by atoms with Crippen molar-refractivity contribution in [2.75, 3.05) is 33.4 Å². The molecule has 0 radical (unpaired) electrons. The Kier molecular flexibility index (Phi) is 13.6. The molecule has 4 N–H and O–H groups in total. The molecule has 0 saturated heterocycles. The van der Waals surface area contributed by atoms with E-state index in [9.17, 15) is 15.2 Å². The first-order valence-electron chi connectivity index (χ1n) is 13.6. The highest BCUT2D eigenvalue weighted by atomic mass is 35.5. The number of carbonyl (C=O) groups excluding carboxylic acids is 1. The van der Waals surface area contributed by atoms with Gasteiger partial charge in [0, 0.05) is 38.3 Å². The number of hydrogen-bond acceptors (Lipinski definition) is 5. The maximum Gasteiger partial charge on any atom is 0.254 e. The number of nitrogens with zero attached hydrogens (tertiary/aromatic N) is 2. The maximum atomic E-state index is 13.2. The molecule has 0 aliphatic carbocycles. The van der Waals surface area contributed by atoms with Crippen molar-refractivity contribution in [3.05, 3.63) is 115 Å². The second kappa shape index (κ2) is 16.8. The van der Waals surface area contributed by atoms with Gasteiger partial charge in [-0.3, -0.25) is 4.79 Å². The molecule has 0 spiro atoms. The summed E-state index contributed by atoms with van der Waals surface area (Å²) in [5, 5.41) is 31.3. The smallest absolute Gasteiger partial charge is 0.254 e. The summed E-state index contributed by atoms with van der Waals surface area (Å²) < 4.78 is 0. The molecule has 226 valence electrons. The van der Waals surface area contributed by atoms with Crippen LogP contribution in [0.5, 0.6) is 0 Å². The Morgan fingerprint density at radius 1 is 0.837 bits per heavy atom. The molecule has 0 saturated carbocycles. The number of rotatable bonds is 10. The van der Waals surface area contributed by atoms with Gasteiger partial charge in [-0.05, 0) is 83.6 Å². The summed E-state index contributed by atoms with van der Waals surface area (Å²) in [6.45, 7) is 1.00. The van der Waals surface area contributed by atoms with Crippen LogP contribution in [0.15, 0.2) is 72.8 Å². The highest BCUT2D eigenvalue weighted by Crippen LogP contribution is 2.30. The number of likely N-dealkylation sites (N-methyl/N-ethyl adjacent to an activating group) is 1. The Morgan fingerprint density at radius 2 is 1.40 bits per heavy atom. The Morgan fingerprint density at radius 3 is 1.93 bits per heavy atom. The molecule has 6 nitrogen and oxygen atoms in total. The summed E-state index contributed by atoms with van der Waals surface area (Å²) >= 11 is 23.8. The monoisotopic (exact) mass is 659 g/mol. The second-order valence-electron chi connectivity index (χ2n) is 10.0. The lowest BCUT2D eigenvalue weighted by Gasteiger charge is -2.25. The number of hydrogen-bond donors (Lipinski definition) is 3. The summed E-state index contributed by atoms with van der Waals surface area (Å²) in [6, 6.07) is 23.8. The van der Waals surface area contributed by atoms with Gasteiger partial charge in [-0.2, -0.15) is 5.26 Å². The van der Waals surface area contributed by atoms with E-state index in [2.05, 4.69) is 6.07 Å². The lowest BCUT2D eigenvalue weighted by atomic mass is 9.94. The zero-order valence-corrected chi connectivity index (χ0v) is 26.6. The summed E-state index contributed by atoms with van der Waals surface area (Å²) in [6.07, 6.45) is 1.13. The fraction of sp³-hybridized carbons (Fsp3) is 0.273. The van der Waals surface area contributed by atoms with E-state index in [4.69, 9.17) is 57.2 Å². The molecule has 0 heterocycles. The first-order chi connectivity index (χ1) is 20.6. The minimum atomic E-state index is -0.179. The lowest BCUT2D eigenvalue weighted by Crippen LogP contribution is -2.31. The first-order valence-corrected chi connectivity index (χ1v) is 15.1. The summed E-state index contributed by atoms with van der Waals surface area (Å²) in [5.41, 5.74) is 8.45. The van der Waals surface area contributed by atoms with Crippen LogP contribution < -0.4 is 5.73 Å². The van der Waals surface area contributed by atoms with Gasteiger partial charge in [-0.1, -0.05) is 82.8 Å². The summed E-state index contributed by atoms with van der Waals surface area (Å²) in [4.78, 5) is 14.8. The molecule has 2 atom stereocenters. The lowest BCUT2D eigenvalue weighted by molar-refractivity contribution is 0.0783. The third-order valence-electron chi connectivity index (χ3n) is 7.13. The molecule has 0 aliphatic heterocycles. The van der Waals surface area contributed by atoms with Crippen LogP contribution in [0, 0.1) is 11.3 Å². The van der Waals surface area contributed by atoms with Crippen LogP contribution in [0.1, 0.15) is 51.7 Å². The van der Waals surface area contributed by atoms with Crippen molar-refractivity contribution in [2.45, 2.75) is 24.7 Å². The average molecular weight is 661 g/mol. The molecular weight excluding hydrogens is 628 g/mol. The van der Waals surface area contributed by atoms with Gasteiger partial charge in [-0.25, -0.2) is 0 Å². The van der Waals surface area contributed by atoms with E-state index in [0.29, 0.717) is 57.1 Å². The standard InChI is InChI=1S/C23H20Cl2N2O2.C10H13Cl2NO/c1-27(14-18(8-9-28)16-6-7-21(24)22(25)12-16)23(29)20-11-15(13-26)10-17-4-2-3-5-19(17)20;11-9-2-1-7(5-10(9)12)8(6-13)3-4-14/h2-7,10-12,18,28H,8-9,14H2,1H3;1-2,5,8,14H,3-4,6,13H2/t18-;8-/m11/s1. The average Bonchev–Trinajstić information content (AvgIpc) is 3.01. The molecule has 0 unspecified atom stereocenters. The molecule has 4 aromatic rings. The largest absolute Gasteiger partial charge is 0.396 e. The number of carbonyl (C=O) groups is 1. The zero-order chi connectivity index (χ0) is 31.5. The van der Waals surface area contributed by atoms with Crippen molar-refractivity contribution in [3.63, 3.8) is 0 Å². The number of nitrogens with two attached hydrogens (primary N) is 1. The Labute approximate surface area is 272 Å². The fourth-order valence-corrected chi connectivity index (χ4v) is 5.41. The van der Waals surface area contributed by atoms with E-state index in [1.807, 2.05) is 36.4 Å². The quantitative estimate of drug-likeness (QED) is 0.162. The second-order valence-corrected chi connectivity index (χ2v) is 11.7. The summed E-state index contributed by atoms with van der Waals surface area (Å²) in [7, 11) is 1.72. The highest BCUT2D eigenvalue weighted by molar-refractivity contribution is 6.42. The topological polar surface area (TPSA) is 111 Å². The maximum absolute atomic E-state index is 13.2. The molecule has 1 amide bonds. The number of halogens is 4. The highest BCUT2D eigenvalue weighted by Gasteiger charge is 2.21. The van der Waals surface area contributed by atoms with Crippen molar-refractivity contribution in [3.8, 4) is 6.07 Å². The van der Waals surface area contributed by atoms with Gasteiger partial charge >= 0.3 is 0 Å². The van der Waals surface area contributed by atoms with Crippen LogP contribution in [-0.2, 0) is 0 Å². The SMILES string of the molecule is CN(C[C@@H](CCO)c1ccc(Cl)c(Cl)c1)C(=O)c1cc(C#N)cc2ccccc12.NC[C@@H](CCO)c1ccc(Cl)c(Cl)c1. The fourth-order valence-electron chi connectivity index (χ4n) is 4.80. The normalized spacial score (nSPS) is 12.2. The van der Waals surface area contributed by atoms with E-state index in [1.165, 1.54) is 0 Å². The third kappa shape index (κ3) is 9.31. The predicted octanol–water partition coefficient (Wildman–Crippen LogP) is 7.67. The molecule has 10 heteroatoms. The molecule has 0 aliphatic rings. The number of aliphatic hydroxyl groups is 2. The van der Waals surface area contributed by atoms with Gasteiger partial charge < -0.3 is 20.8 Å². The molecule has 43 heavy (non-hydrogen) atoms. The van der Waals surface area contributed by atoms with E-state index in [1.54, 1.807) is 48.3 Å². The number of amides is 1. The van der Waals surface area contributed by atoms with Gasteiger partial charge in [0.1, 0.15) is 0 Å². The van der Waals surface area contributed by atoms with Crippen LogP contribution in [0.2, 0.25) is 20.1 Å². The number of nitriles is 1. The van der Waals surface area contributed by atoms with Crippen LogP contribution >= 0.6 is 46.4 Å². The molecule has 0 aromatic heterocycles. The minimum Gasteiger partial charge on any atom is -0.396 e. The van der Waals surface area contributed by atoms with Gasteiger partial charge in [0.15, 0.2) is 0 Å². The van der Waals surface area contributed by atoms with E-state index in [-0.39, 0.29) is 31.0 Å². The molecule has 0 bridgehead atoms. The van der Waals surface area contributed by atoms with Gasteiger partial charge in [0.2, 0.25) is 0 Å². The third-order valence-corrected chi connectivity index (χ3v) is 8.61. The number of fused-ring (bicyclic) bond motifs is 1. The van der Waals surface area contributed by atoms with E-state index < -0.39 is 0 Å². The van der Waals surface area contributed by atoms with Crippen molar-refractivity contribution >= 4 is 63.1 Å². The van der Waals surface area contributed by atoms with Crippen LogP contribution in [0.4, 0.5) is 0 Å². The van der Waals surface area contributed by atoms with Crippen molar-refractivity contribution < 1.29 is 15.0 Å². The molecule has 4 aromatic carbocycles. The molecular formula is C33H33Cl4N3O3. The van der Waals surface area contributed by atoms with E-state index >= 15 is 0 Å². The van der Waals surface area contributed by atoms with Gasteiger partial charge in [0.25, 0.3) is 5.91 Å². The van der Waals surface area contributed by atoms with Gasteiger partial charge in [-0.15, -0.1) is 0 Å². The summed E-state index contributed by atoms with van der Waals surface area (Å²) in [5.74, 6) is -0.134. The van der Waals surface area contributed by atoms with Crippen LogP contribution in [0.25, 0.3) is 10.8 Å². The molecule has 4 rings (SSSR count). The minimum absolute atomic E-state index is 0.0141. The van der Waals surface area contributed by atoms with Gasteiger partial charge in [0.05, 0.1) is 31.7 Å². The Balaban J connectivity index is 0.000000303. The Bertz CT molecular complexity index is 1590. The number of aliphatic hydroxyl groups excluding tert-OH is 2. The van der Waals surface area contributed by atoms with E-state index in [0.717, 1.165) is 21.9 Å². The van der Waals surface area contributed by atoms with Crippen molar-refractivity contribution in [1.82, 2.24) is 4.90 Å². The zero-order valence-electron chi connectivity index (χ0n) is 23.6. The number of benzene rings is 4. The Hall–Kier alpha value is -2.86. The van der Waals surface area contributed by atoms with Crippen LogP contribution in [0.3, 0.4) is 0 Å². The first kappa shape index (κ1) is 34.6. The predicted molar refractivity (Wildman–Crippen MR) is 176 cm³/mol. The van der Waals surface area contributed by atoms with Crippen molar-refractivity contribution in [1.29, 1.82) is 5.26 Å².